The van der Waals surface area contributed by atoms with Crippen molar-refractivity contribution >= 4 is 33.4 Å². The molecule has 8 nitrogen and oxygen atoms in total. The predicted molar refractivity (Wildman–Crippen MR) is 116 cm³/mol. The van der Waals surface area contributed by atoms with Crippen LogP contribution in [0.1, 0.15) is 44.6 Å². The van der Waals surface area contributed by atoms with E-state index in [1.165, 1.54) is 4.90 Å². The van der Waals surface area contributed by atoms with Crippen molar-refractivity contribution in [3.05, 3.63) is 29.8 Å². The van der Waals surface area contributed by atoms with Gasteiger partial charge < -0.3 is 4.90 Å². The normalized spacial score (nSPS) is 26.1. The highest BCUT2D eigenvalue weighted by Gasteiger charge is 2.46. The summed E-state index contributed by atoms with van der Waals surface area (Å²) in [5.74, 6) is -0.713. The lowest BCUT2D eigenvalue weighted by Gasteiger charge is -2.35. The maximum Gasteiger partial charge on any atom is 0.332 e. The Labute approximate surface area is 183 Å². The van der Waals surface area contributed by atoms with Crippen LogP contribution in [0, 0.1) is 6.92 Å². The zero-order valence-corrected chi connectivity index (χ0v) is 18.8. The second-order valence-electron chi connectivity index (χ2n) is 8.88. The van der Waals surface area contributed by atoms with Crippen LogP contribution in [0.25, 0.3) is 0 Å². The highest BCUT2D eigenvalue weighted by molar-refractivity contribution is 7.91. The molecule has 0 aromatic heterocycles. The third-order valence-corrected chi connectivity index (χ3v) is 8.41. The van der Waals surface area contributed by atoms with Crippen molar-refractivity contribution in [3.8, 4) is 0 Å². The van der Waals surface area contributed by atoms with Gasteiger partial charge >= 0.3 is 6.03 Å². The summed E-state index contributed by atoms with van der Waals surface area (Å²) in [6, 6.07) is 5.71. The highest BCUT2D eigenvalue weighted by Crippen LogP contribution is 2.31. The van der Waals surface area contributed by atoms with Gasteiger partial charge in [0.2, 0.25) is 5.91 Å². The Bertz CT molecular complexity index is 985. The fourth-order valence-electron chi connectivity index (χ4n) is 5.01. The number of anilines is 1. The molecule has 168 valence electrons. The highest BCUT2D eigenvalue weighted by atomic mass is 32.2. The van der Waals surface area contributed by atoms with Crippen LogP contribution >= 0.6 is 0 Å². The summed E-state index contributed by atoms with van der Waals surface area (Å²) < 4.78 is 24.1. The molecule has 2 heterocycles. The third kappa shape index (κ3) is 4.20. The first-order valence-corrected chi connectivity index (χ1v) is 12.7. The number of rotatable bonds is 5. The van der Waals surface area contributed by atoms with Gasteiger partial charge in [0.1, 0.15) is 12.6 Å². The Hall–Kier alpha value is -2.42. The van der Waals surface area contributed by atoms with Gasteiger partial charge in [-0.1, -0.05) is 30.5 Å². The lowest BCUT2D eigenvalue weighted by atomic mass is 10.1. The van der Waals surface area contributed by atoms with E-state index in [4.69, 9.17) is 0 Å². The number of amides is 4. The number of aryl methyl sites for hydroxylation is 1. The van der Waals surface area contributed by atoms with E-state index in [9.17, 15) is 22.8 Å². The molecule has 1 aliphatic carbocycles. The zero-order chi connectivity index (χ0) is 22.3. The van der Waals surface area contributed by atoms with Crippen molar-refractivity contribution < 1.29 is 22.8 Å². The first kappa shape index (κ1) is 21.8. The molecule has 4 amide bonds. The van der Waals surface area contributed by atoms with Crippen LogP contribution < -0.4 is 4.90 Å². The van der Waals surface area contributed by atoms with E-state index < -0.39 is 27.8 Å². The summed E-state index contributed by atoms with van der Waals surface area (Å²) in [6.07, 6.45) is 4.06. The van der Waals surface area contributed by atoms with Crippen LogP contribution in [0.2, 0.25) is 0 Å². The standard InChI is InChI=1S/C22H29N3O5S/c1-15-7-9-18(10-8-15)24-16(2)21(27)23(22(24)28)13-20(26)25(17-5-3-4-6-17)19-11-12-31(29,30)14-19/h7-10,16-17,19H,3-6,11-14H2,1-2H3/t16-,19+/m1/s1. The Morgan fingerprint density at radius 3 is 2.29 bits per heavy atom. The topological polar surface area (TPSA) is 95.1 Å². The molecular formula is C22H29N3O5S. The van der Waals surface area contributed by atoms with Crippen molar-refractivity contribution in [3.63, 3.8) is 0 Å². The fraction of sp³-hybridized carbons (Fsp3) is 0.591. The summed E-state index contributed by atoms with van der Waals surface area (Å²) >= 11 is 0. The molecule has 0 unspecified atom stereocenters. The molecular weight excluding hydrogens is 418 g/mol. The third-order valence-electron chi connectivity index (χ3n) is 6.66. The van der Waals surface area contributed by atoms with E-state index in [2.05, 4.69) is 0 Å². The number of nitrogens with zero attached hydrogens (tertiary/aromatic N) is 3. The van der Waals surface area contributed by atoms with Crippen molar-refractivity contribution in [2.75, 3.05) is 23.0 Å². The first-order valence-electron chi connectivity index (χ1n) is 10.9. The molecule has 0 bridgehead atoms. The van der Waals surface area contributed by atoms with Gasteiger partial charge in [-0.3, -0.25) is 19.4 Å². The number of carbonyl (C=O) groups excluding carboxylic acids is 3. The second-order valence-corrected chi connectivity index (χ2v) is 11.1. The van der Waals surface area contributed by atoms with Crippen molar-refractivity contribution in [1.29, 1.82) is 0 Å². The number of urea groups is 1. The van der Waals surface area contributed by atoms with E-state index in [1.54, 1.807) is 24.0 Å². The Morgan fingerprint density at radius 1 is 1.06 bits per heavy atom. The summed E-state index contributed by atoms with van der Waals surface area (Å²) in [5.41, 5.74) is 1.65. The van der Waals surface area contributed by atoms with Crippen LogP contribution in [0.15, 0.2) is 24.3 Å². The van der Waals surface area contributed by atoms with Gasteiger partial charge in [-0.25, -0.2) is 13.2 Å². The summed E-state index contributed by atoms with van der Waals surface area (Å²) in [6.45, 7) is 3.25. The molecule has 4 rings (SSSR count). The Kier molecular flexibility index (Phi) is 5.81. The van der Waals surface area contributed by atoms with E-state index in [0.29, 0.717) is 12.1 Å². The Morgan fingerprint density at radius 2 is 1.71 bits per heavy atom. The first-order chi connectivity index (χ1) is 14.7. The van der Waals surface area contributed by atoms with E-state index >= 15 is 0 Å². The summed E-state index contributed by atoms with van der Waals surface area (Å²) in [4.78, 5) is 43.4. The van der Waals surface area contributed by atoms with Gasteiger partial charge in [0, 0.05) is 17.8 Å². The van der Waals surface area contributed by atoms with E-state index in [-0.39, 0.29) is 36.0 Å². The molecule has 1 aromatic rings. The average molecular weight is 448 g/mol. The molecule has 2 aliphatic heterocycles. The molecule has 0 N–H and O–H groups in total. The van der Waals surface area contributed by atoms with Crippen LogP contribution in [0.4, 0.5) is 10.5 Å². The monoisotopic (exact) mass is 447 g/mol. The van der Waals surface area contributed by atoms with Crippen molar-refractivity contribution in [2.45, 2.75) is 64.1 Å². The zero-order valence-electron chi connectivity index (χ0n) is 18.0. The summed E-state index contributed by atoms with van der Waals surface area (Å²) in [5, 5.41) is 0. The molecule has 2 saturated heterocycles. The van der Waals surface area contributed by atoms with Crippen LogP contribution in [0.3, 0.4) is 0 Å². The smallest absolute Gasteiger partial charge is 0.332 e. The number of benzene rings is 1. The van der Waals surface area contributed by atoms with Crippen molar-refractivity contribution in [1.82, 2.24) is 9.80 Å². The van der Waals surface area contributed by atoms with Gasteiger partial charge in [-0.2, -0.15) is 0 Å². The Balaban J connectivity index is 1.54. The molecule has 1 aromatic carbocycles. The number of imide groups is 1. The SMILES string of the molecule is Cc1ccc(N2C(=O)N(CC(=O)N(C3CCCC3)[C@H]3CCS(=O)(=O)C3)C(=O)[C@H]2C)cc1. The van der Waals surface area contributed by atoms with E-state index in [1.807, 2.05) is 19.1 Å². The molecule has 3 aliphatic rings. The van der Waals surface area contributed by atoms with Crippen LogP contribution in [0.5, 0.6) is 0 Å². The van der Waals surface area contributed by atoms with E-state index in [0.717, 1.165) is 36.1 Å². The van der Waals surface area contributed by atoms with Gasteiger partial charge in [-0.15, -0.1) is 0 Å². The number of sulfone groups is 1. The van der Waals surface area contributed by atoms with Gasteiger partial charge in [0.15, 0.2) is 9.84 Å². The molecule has 3 fully saturated rings. The fourth-order valence-corrected chi connectivity index (χ4v) is 6.72. The summed E-state index contributed by atoms with van der Waals surface area (Å²) in [7, 11) is -3.16. The van der Waals surface area contributed by atoms with Crippen molar-refractivity contribution in [2.24, 2.45) is 0 Å². The molecule has 2 atom stereocenters. The largest absolute Gasteiger partial charge is 0.334 e. The molecule has 9 heteroatoms. The minimum absolute atomic E-state index is 0.0239. The number of carbonyl (C=O) groups is 3. The lowest BCUT2D eigenvalue weighted by Crippen LogP contribution is -2.51. The number of hydrogen-bond donors (Lipinski definition) is 0. The average Bonchev–Trinajstić information content (AvgIpc) is 3.41. The number of hydrogen-bond acceptors (Lipinski definition) is 5. The molecule has 31 heavy (non-hydrogen) atoms. The lowest BCUT2D eigenvalue weighted by molar-refractivity contribution is -0.140. The minimum atomic E-state index is -3.16. The predicted octanol–water partition coefficient (Wildman–Crippen LogP) is 2.11. The van der Waals surface area contributed by atoms with Gasteiger partial charge in [0.25, 0.3) is 5.91 Å². The van der Waals surface area contributed by atoms with Gasteiger partial charge in [-0.05, 0) is 45.2 Å². The molecule has 0 spiro atoms. The maximum atomic E-state index is 13.3. The van der Waals surface area contributed by atoms with Gasteiger partial charge in [0.05, 0.1) is 11.5 Å². The second kappa shape index (κ2) is 8.26. The molecule has 1 saturated carbocycles. The maximum absolute atomic E-state index is 13.3. The molecule has 0 radical (unpaired) electrons. The minimum Gasteiger partial charge on any atom is -0.334 e. The van der Waals surface area contributed by atoms with Crippen LogP contribution in [-0.2, 0) is 19.4 Å². The van der Waals surface area contributed by atoms with Crippen LogP contribution in [-0.4, -0.2) is 72.2 Å². The quantitative estimate of drug-likeness (QED) is 0.645.